The van der Waals surface area contributed by atoms with E-state index in [4.69, 9.17) is 5.73 Å². The summed E-state index contributed by atoms with van der Waals surface area (Å²) in [6.45, 7) is 2.19. The Labute approximate surface area is 93.3 Å². The molecular weight excluding hydrogens is 212 g/mol. The van der Waals surface area contributed by atoms with Gasteiger partial charge in [0.15, 0.2) is 0 Å². The molecule has 0 unspecified atom stereocenters. The van der Waals surface area contributed by atoms with Gasteiger partial charge in [-0.1, -0.05) is 6.92 Å². The molecule has 0 radical (unpaired) electrons. The van der Waals surface area contributed by atoms with Crippen molar-refractivity contribution >= 4 is 28.1 Å². The van der Waals surface area contributed by atoms with E-state index in [0.717, 1.165) is 28.8 Å². The van der Waals surface area contributed by atoms with E-state index in [2.05, 4.69) is 11.9 Å². The van der Waals surface area contributed by atoms with Crippen LogP contribution in [-0.2, 0) is 6.42 Å². The monoisotopic (exact) mass is 228 g/mol. The second-order valence-corrected chi connectivity index (χ2v) is 6.04. The van der Waals surface area contributed by atoms with Crippen molar-refractivity contribution in [2.24, 2.45) is 0 Å². The Hall–Kier alpha value is -0.220. The van der Waals surface area contributed by atoms with Crippen LogP contribution in [0.5, 0.6) is 0 Å². The molecule has 1 heterocycles. The molecule has 0 bridgehead atoms. The Morgan fingerprint density at radius 2 is 2.36 bits per heavy atom. The predicted octanol–water partition coefficient (Wildman–Crippen LogP) is 2.90. The van der Waals surface area contributed by atoms with Crippen molar-refractivity contribution in [1.29, 1.82) is 0 Å². The summed E-state index contributed by atoms with van der Waals surface area (Å²) in [5.41, 5.74) is 7.07. The Kier molecular flexibility index (Phi) is 3.34. The number of thiazole rings is 1. The summed E-state index contributed by atoms with van der Waals surface area (Å²) in [6.07, 6.45) is 3.67. The number of anilines is 1. The first-order valence-electron chi connectivity index (χ1n) is 5.14. The summed E-state index contributed by atoms with van der Waals surface area (Å²) in [7, 11) is 0. The standard InChI is InChI=1S/C10H16N2S2/c1-2-13-6-5-8-9(11)14-10(12-8)7-3-4-7/h7H,2-6,11H2,1H3. The van der Waals surface area contributed by atoms with Crippen LogP contribution in [0.2, 0.25) is 0 Å². The molecule has 1 aliphatic carbocycles. The lowest BCUT2D eigenvalue weighted by Crippen LogP contribution is -1.94. The van der Waals surface area contributed by atoms with Crippen LogP contribution in [-0.4, -0.2) is 16.5 Å². The van der Waals surface area contributed by atoms with Crippen LogP contribution >= 0.6 is 23.1 Å². The highest BCUT2D eigenvalue weighted by Crippen LogP contribution is 2.43. The minimum Gasteiger partial charge on any atom is -0.389 e. The van der Waals surface area contributed by atoms with Crippen LogP contribution in [0.3, 0.4) is 0 Å². The normalized spacial score (nSPS) is 16.1. The largest absolute Gasteiger partial charge is 0.389 e. The Morgan fingerprint density at radius 1 is 1.57 bits per heavy atom. The first kappa shape index (κ1) is 10.3. The summed E-state index contributed by atoms with van der Waals surface area (Å²) in [6, 6.07) is 0. The zero-order valence-electron chi connectivity index (χ0n) is 8.45. The number of aryl methyl sites for hydroxylation is 1. The van der Waals surface area contributed by atoms with Gasteiger partial charge in [0, 0.05) is 12.3 Å². The molecule has 0 aliphatic heterocycles. The number of hydrogen-bond donors (Lipinski definition) is 1. The molecule has 0 aromatic carbocycles. The van der Waals surface area contributed by atoms with E-state index in [1.54, 1.807) is 11.3 Å². The topological polar surface area (TPSA) is 38.9 Å². The zero-order chi connectivity index (χ0) is 9.97. The van der Waals surface area contributed by atoms with Gasteiger partial charge >= 0.3 is 0 Å². The molecule has 2 rings (SSSR count). The maximum absolute atomic E-state index is 5.94. The number of nitrogen functional groups attached to an aromatic ring is 1. The van der Waals surface area contributed by atoms with Crippen molar-refractivity contribution < 1.29 is 0 Å². The first-order chi connectivity index (χ1) is 6.81. The van der Waals surface area contributed by atoms with E-state index < -0.39 is 0 Å². The number of rotatable bonds is 5. The van der Waals surface area contributed by atoms with Crippen LogP contribution in [0.4, 0.5) is 5.00 Å². The molecule has 0 atom stereocenters. The van der Waals surface area contributed by atoms with E-state index in [1.165, 1.54) is 23.6 Å². The fraction of sp³-hybridized carbons (Fsp3) is 0.700. The summed E-state index contributed by atoms with van der Waals surface area (Å²) < 4.78 is 0. The lowest BCUT2D eigenvalue weighted by Gasteiger charge is -1.96. The smallest absolute Gasteiger partial charge is 0.109 e. The molecule has 1 aliphatic rings. The van der Waals surface area contributed by atoms with Crippen molar-refractivity contribution in [3.8, 4) is 0 Å². The molecular formula is C10H16N2S2. The Morgan fingerprint density at radius 3 is 3.00 bits per heavy atom. The summed E-state index contributed by atoms with van der Waals surface area (Å²) in [4.78, 5) is 4.62. The van der Waals surface area contributed by atoms with Crippen molar-refractivity contribution in [3.63, 3.8) is 0 Å². The van der Waals surface area contributed by atoms with Crippen LogP contribution in [0, 0.1) is 0 Å². The molecule has 1 aromatic rings. The average molecular weight is 228 g/mol. The van der Waals surface area contributed by atoms with Gasteiger partial charge in [0.05, 0.1) is 10.7 Å². The lowest BCUT2D eigenvalue weighted by atomic mass is 10.3. The van der Waals surface area contributed by atoms with Gasteiger partial charge in [-0.2, -0.15) is 11.8 Å². The van der Waals surface area contributed by atoms with Gasteiger partial charge in [0.25, 0.3) is 0 Å². The average Bonchev–Trinajstić information content (AvgIpc) is 2.94. The van der Waals surface area contributed by atoms with Gasteiger partial charge in [-0.15, -0.1) is 11.3 Å². The minimum absolute atomic E-state index is 0.745. The van der Waals surface area contributed by atoms with Gasteiger partial charge in [0.1, 0.15) is 5.00 Å². The van der Waals surface area contributed by atoms with Crippen LogP contribution in [0.1, 0.15) is 36.4 Å². The van der Waals surface area contributed by atoms with E-state index >= 15 is 0 Å². The van der Waals surface area contributed by atoms with Gasteiger partial charge in [-0.3, -0.25) is 0 Å². The van der Waals surface area contributed by atoms with E-state index in [9.17, 15) is 0 Å². The lowest BCUT2D eigenvalue weighted by molar-refractivity contribution is 1.00. The quantitative estimate of drug-likeness (QED) is 0.788. The molecule has 4 heteroatoms. The summed E-state index contributed by atoms with van der Waals surface area (Å²) in [5.74, 6) is 3.07. The molecule has 2 N–H and O–H groups in total. The molecule has 2 nitrogen and oxygen atoms in total. The van der Waals surface area contributed by atoms with E-state index in [-0.39, 0.29) is 0 Å². The second-order valence-electron chi connectivity index (χ2n) is 3.58. The Balaban J connectivity index is 1.94. The van der Waals surface area contributed by atoms with Crippen LogP contribution in [0.25, 0.3) is 0 Å². The van der Waals surface area contributed by atoms with Crippen molar-refractivity contribution in [2.45, 2.75) is 32.1 Å². The summed E-state index contributed by atoms with van der Waals surface area (Å²) in [5, 5.41) is 2.22. The number of nitrogens with zero attached hydrogens (tertiary/aromatic N) is 1. The highest BCUT2D eigenvalue weighted by atomic mass is 32.2. The predicted molar refractivity (Wildman–Crippen MR) is 65.2 cm³/mol. The van der Waals surface area contributed by atoms with E-state index in [0.29, 0.717) is 0 Å². The van der Waals surface area contributed by atoms with Crippen molar-refractivity contribution in [2.75, 3.05) is 17.2 Å². The van der Waals surface area contributed by atoms with Crippen LogP contribution < -0.4 is 5.73 Å². The maximum atomic E-state index is 5.94. The molecule has 1 fully saturated rings. The molecule has 78 valence electrons. The van der Waals surface area contributed by atoms with Gasteiger partial charge < -0.3 is 5.73 Å². The summed E-state index contributed by atoms with van der Waals surface area (Å²) >= 11 is 3.65. The second kappa shape index (κ2) is 4.53. The fourth-order valence-electron chi connectivity index (χ4n) is 1.38. The van der Waals surface area contributed by atoms with Crippen molar-refractivity contribution in [3.05, 3.63) is 10.7 Å². The Bertz CT molecular complexity index is 305. The highest BCUT2D eigenvalue weighted by molar-refractivity contribution is 7.99. The van der Waals surface area contributed by atoms with Gasteiger partial charge in [0.2, 0.25) is 0 Å². The fourth-order valence-corrected chi connectivity index (χ4v) is 3.06. The molecule has 0 amide bonds. The zero-order valence-corrected chi connectivity index (χ0v) is 10.1. The molecule has 1 saturated carbocycles. The third-order valence-corrected chi connectivity index (χ3v) is 4.35. The number of aromatic nitrogens is 1. The number of nitrogens with two attached hydrogens (primary N) is 1. The third-order valence-electron chi connectivity index (χ3n) is 2.36. The van der Waals surface area contributed by atoms with Gasteiger partial charge in [-0.05, 0) is 24.3 Å². The maximum Gasteiger partial charge on any atom is 0.109 e. The molecule has 14 heavy (non-hydrogen) atoms. The number of thioether (sulfide) groups is 1. The highest BCUT2D eigenvalue weighted by Gasteiger charge is 2.27. The number of hydrogen-bond acceptors (Lipinski definition) is 4. The van der Waals surface area contributed by atoms with Gasteiger partial charge in [-0.25, -0.2) is 4.98 Å². The molecule has 0 spiro atoms. The SMILES string of the molecule is CCSCCc1nc(C2CC2)sc1N. The minimum atomic E-state index is 0.745. The van der Waals surface area contributed by atoms with Crippen LogP contribution in [0.15, 0.2) is 0 Å². The van der Waals surface area contributed by atoms with Crippen molar-refractivity contribution in [1.82, 2.24) is 4.98 Å². The molecule has 1 aromatic heterocycles. The molecule has 0 saturated heterocycles. The van der Waals surface area contributed by atoms with E-state index in [1.807, 2.05) is 11.8 Å². The third kappa shape index (κ3) is 2.42. The first-order valence-corrected chi connectivity index (χ1v) is 7.11.